The van der Waals surface area contributed by atoms with Crippen molar-refractivity contribution in [3.8, 4) is 0 Å². The third-order valence-corrected chi connectivity index (χ3v) is 6.65. The van der Waals surface area contributed by atoms with Crippen molar-refractivity contribution < 1.29 is 16.6 Å². The van der Waals surface area contributed by atoms with Crippen LogP contribution in [-0.2, 0) is 18.6 Å². The molecule has 0 heterocycles. The van der Waals surface area contributed by atoms with E-state index in [1.54, 1.807) is 0 Å². The van der Waals surface area contributed by atoms with Gasteiger partial charge in [0.25, 0.3) is 0 Å². The summed E-state index contributed by atoms with van der Waals surface area (Å²) in [5, 5.41) is 0. The molecule has 0 bridgehead atoms. The fourth-order valence-electron chi connectivity index (χ4n) is 1.61. The molecule has 0 aromatic heterocycles. The number of rotatable bonds is 12. The van der Waals surface area contributed by atoms with E-state index in [4.69, 9.17) is 8.15 Å². The second-order valence-corrected chi connectivity index (χ2v) is 7.47. The van der Waals surface area contributed by atoms with Gasteiger partial charge in [0, 0.05) is 26.2 Å². The normalized spacial score (nSPS) is 12.8. The summed E-state index contributed by atoms with van der Waals surface area (Å²) in [6, 6.07) is 0. The fourth-order valence-corrected chi connectivity index (χ4v) is 4.84. The third kappa shape index (κ3) is 7.29. The SMILES string of the molecule is CCCCOS(=O)(=O)OP(N(CC)CC)N(CC)CC. The zero-order valence-electron chi connectivity index (χ0n) is 13.3. The van der Waals surface area contributed by atoms with Gasteiger partial charge in [0.15, 0.2) is 0 Å². The minimum absolute atomic E-state index is 0.179. The summed E-state index contributed by atoms with van der Waals surface area (Å²) >= 11 is 0. The Morgan fingerprint density at radius 1 is 0.900 bits per heavy atom. The average molecular weight is 328 g/mol. The minimum Gasteiger partial charge on any atom is -0.248 e. The van der Waals surface area contributed by atoms with Crippen LogP contribution < -0.4 is 0 Å². The molecule has 0 unspecified atom stereocenters. The smallest absolute Gasteiger partial charge is 0.248 e. The molecule has 0 saturated carbocycles. The van der Waals surface area contributed by atoms with Crippen LogP contribution in [0.2, 0.25) is 0 Å². The molecule has 0 radical (unpaired) electrons. The molecular formula is C12H29N2O4PS. The average Bonchev–Trinajstić information content (AvgIpc) is 2.41. The molecule has 20 heavy (non-hydrogen) atoms. The lowest BCUT2D eigenvalue weighted by Crippen LogP contribution is -2.31. The Bertz CT molecular complexity index is 320. The Morgan fingerprint density at radius 3 is 1.70 bits per heavy atom. The monoisotopic (exact) mass is 328 g/mol. The van der Waals surface area contributed by atoms with E-state index < -0.39 is 18.8 Å². The maximum Gasteiger partial charge on any atom is 0.405 e. The molecule has 0 saturated heterocycles. The minimum atomic E-state index is -3.94. The summed E-state index contributed by atoms with van der Waals surface area (Å²) < 4.78 is 38.1. The van der Waals surface area contributed by atoms with Crippen LogP contribution in [0.1, 0.15) is 47.5 Å². The second-order valence-electron chi connectivity index (χ2n) is 4.19. The standard InChI is InChI=1S/C12H29N2O4PS/c1-6-11-12-17-20(15,16)18-19(13(7-2)8-3)14(9-4)10-5/h6-12H2,1-5H3. The van der Waals surface area contributed by atoms with Gasteiger partial charge in [0.05, 0.1) is 6.61 Å². The van der Waals surface area contributed by atoms with Crippen LogP contribution in [-0.4, -0.2) is 50.5 Å². The van der Waals surface area contributed by atoms with E-state index in [2.05, 4.69) is 0 Å². The first kappa shape index (κ1) is 20.2. The summed E-state index contributed by atoms with van der Waals surface area (Å²) in [5.41, 5.74) is 0. The van der Waals surface area contributed by atoms with Crippen molar-refractivity contribution in [2.24, 2.45) is 0 Å². The molecule has 0 fully saturated rings. The summed E-state index contributed by atoms with van der Waals surface area (Å²) in [6.45, 7) is 13.1. The lowest BCUT2D eigenvalue weighted by molar-refractivity contribution is 0.259. The Kier molecular flexibility index (Phi) is 11.0. The topological polar surface area (TPSA) is 59.1 Å². The number of hydrogen-bond donors (Lipinski definition) is 0. The lowest BCUT2D eigenvalue weighted by Gasteiger charge is -2.34. The molecule has 6 nitrogen and oxygen atoms in total. The molecule has 0 amide bonds. The maximum absolute atomic E-state index is 11.9. The van der Waals surface area contributed by atoms with Crippen LogP contribution >= 0.6 is 8.45 Å². The first-order valence-corrected chi connectivity index (χ1v) is 9.84. The van der Waals surface area contributed by atoms with E-state index in [-0.39, 0.29) is 6.61 Å². The molecule has 0 spiro atoms. The third-order valence-electron chi connectivity index (χ3n) is 2.83. The Hall–Kier alpha value is 0.220. The maximum atomic E-state index is 11.9. The summed E-state index contributed by atoms with van der Waals surface area (Å²) in [7, 11) is -5.28. The van der Waals surface area contributed by atoms with Gasteiger partial charge in [-0.3, -0.25) is 0 Å². The molecule has 122 valence electrons. The predicted molar refractivity (Wildman–Crippen MR) is 83.6 cm³/mol. The first-order valence-electron chi connectivity index (χ1n) is 7.34. The van der Waals surface area contributed by atoms with Crippen LogP contribution in [0.25, 0.3) is 0 Å². The molecule has 8 heteroatoms. The molecule has 0 aromatic rings. The van der Waals surface area contributed by atoms with E-state index in [0.717, 1.165) is 32.6 Å². The van der Waals surface area contributed by atoms with Gasteiger partial charge in [-0.05, 0) is 6.42 Å². The van der Waals surface area contributed by atoms with E-state index in [1.807, 2.05) is 44.0 Å². The fraction of sp³-hybridized carbons (Fsp3) is 1.00. The van der Waals surface area contributed by atoms with E-state index in [9.17, 15) is 8.42 Å². The van der Waals surface area contributed by atoms with Gasteiger partial charge in [-0.2, -0.15) is 12.4 Å². The highest BCUT2D eigenvalue weighted by Crippen LogP contribution is 2.46. The van der Waals surface area contributed by atoms with Crippen LogP contribution in [0.15, 0.2) is 0 Å². The Labute approximate surface area is 125 Å². The summed E-state index contributed by atoms with van der Waals surface area (Å²) in [5.74, 6) is 0. The van der Waals surface area contributed by atoms with Crippen molar-refractivity contribution in [1.82, 2.24) is 9.34 Å². The Balaban J connectivity index is 4.86. The van der Waals surface area contributed by atoms with Gasteiger partial charge < -0.3 is 0 Å². The number of unbranched alkanes of at least 4 members (excludes halogenated alkanes) is 1. The molecule has 0 aromatic carbocycles. The zero-order valence-corrected chi connectivity index (χ0v) is 15.0. The van der Waals surface area contributed by atoms with Crippen LogP contribution in [0.3, 0.4) is 0 Å². The van der Waals surface area contributed by atoms with Crippen molar-refractivity contribution in [3.05, 3.63) is 0 Å². The number of hydrogen-bond acceptors (Lipinski definition) is 6. The van der Waals surface area contributed by atoms with Gasteiger partial charge >= 0.3 is 10.4 Å². The highest BCUT2D eigenvalue weighted by molar-refractivity contribution is 7.86. The highest BCUT2D eigenvalue weighted by Gasteiger charge is 2.29. The molecular weight excluding hydrogens is 299 g/mol. The molecule has 0 aliphatic carbocycles. The molecule has 0 rings (SSSR count). The van der Waals surface area contributed by atoms with Crippen molar-refractivity contribution in [2.75, 3.05) is 32.8 Å². The van der Waals surface area contributed by atoms with Gasteiger partial charge in [-0.25, -0.2) is 13.5 Å². The van der Waals surface area contributed by atoms with Crippen LogP contribution in [0.4, 0.5) is 0 Å². The van der Waals surface area contributed by atoms with E-state index in [0.29, 0.717) is 6.42 Å². The van der Waals surface area contributed by atoms with Crippen molar-refractivity contribution >= 4 is 18.8 Å². The molecule has 0 aliphatic heterocycles. The van der Waals surface area contributed by atoms with Crippen molar-refractivity contribution in [2.45, 2.75) is 47.5 Å². The summed E-state index contributed by atoms with van der Waals surface area (Å²) in [6.07, 6.45) is 1.59. The second kappa shape index (κ2) is 10.9. The Morgan fingerprint density at radius 2 is 1.35 bits per heavy atom. The number of nitrogens with zero attached hydrogens (tertiary/aromatic N) is 2. The highest BCUT2D eigenvalue weighted by atomic mass is 32.3. The van der Waals surface area contributed by atoms with Crippen LogP contribution in [0.5, 0.6) is 0 Å². The predicted octanol–water partition coefficient (Wildman–Crippen LogP) is 2.98. The van der Waals surface area contributed by atoms with Crippen molar-refractivity contribution in [1.29, 1.82) is 0 Å². The quantitative estimate of drug-likeness (QED) is 0.405. The molecule has 0 atom stereocenters. The van der Waals surface area contributed by atoms with Gasteiger partial charge in [0.2, 0.25) is 8.45 Å². The zero-order chi connectivity index (χ0) is 15.6. The largest absolute Gasteiger partial charge is 0.405 e. The van der Waals surface area contributed by atoms with Gasteiger partial charge in [0.1, 0.15) is 0 Å². The molecule has 0 N–H and O–H groups in total. The molecule has 0 aliphatic rings. The van der Waals surface area contributed by atoms with Crippen LogP contribution in [0, 0.1) is 0 Å². The van der Waals surface area contributed by atoms with Gasteiger partial charge in [-0.1, -0.05) is 41.0 Å². The van der Waals surface area contributed by atoms with Gasteiger partial charge in [-0.15, -0.1) is 0 Å². The summed E-state index contributed by atoms with van der Waals surface area (Å²) in [4.78, 5) is 0. The van der Waals surface area contributed by atoms with E-state index >= 15 is 0 Å². The van der Waals surface area contributed by atoms with Crippen molar-refractivity contribution in [3.63, 3.8) is 0 Å². The first-order chi connectivity index (χ1) is 9.45. The lowest BCUT2D eigenvalue weighted by atomic mass is 10.4. The van der Waals surface area contributed by atoms with E-state index in [1.165, 1.54) is 0 Å².